The molecule has 23 heavy (non-hydrogen) atoms. The smallest absolute Gasteiger partial charge is 0.194 e. The predicted octanol–water partition coefficient (Wildman–Crippen LogP) is 2.94. The lowest BCUT2D eigenvalue weighted by molar-refractivity contribution is 0.244. The monoisotopic (exact) mass is 310 g/mol. The molecule has 3 N–H and O–H groups in total. The summed E-state index contributed by atoms with van der Waals surface area (Å²) in [5, 5.41) is 3.03. The van der Waals surface area contributed by atoms with Gasteiger partial charge in [-0.3, -0.25) is 4.99 Å². The summed E-state index contributed by atoms with van der Waals surface area (Å²) < 4.78 is 5.52. The van der Waals surface area contributed by atoms with E-state index in [2.05, 4.69) is 27.4 Å². The third-order valence-electron chi connectivity index (χ3n) is 4.46. The van der Waals surface area contributed by atoms with Crippen LogP contribution < -0.4 is 15.8 Å². The van der Waals surface area contributed by atoms with Gasteiger partial charge in [0.15, 0.2) is 5.96 Å². The molecule has 1 heterocycles. The van der Waals surface area contributed by atoms with Gasteiger partial charge in [-0.25, -0.2) is 4.98 Å². The Hall–Kier alpha value is -2.56. The maximum Gasteiger partial charge on any atom is 0.194 e. The molecule has 1 saturated carbocycles. The zero-order valence-electron chi connectivity index (χ0n) is 13.3. The molecule has 0 aliphatic heterocycles. The molecule has 1 aliphatic carbocycles. The first-order chi connectivity index (χ1) is 11.2. The highest BCUT2D eigenvalue weighted by molar-refractivity contribution is 5.91. The first kappa shape index (κ1) is 15.3. The summed E-state index contributed by atoms with van der Waals surface area (Å²) in [6, 6.07) is 13.8. The summed E-state index contributed by atoms with van der Waals surface area (Å²) in [5.74, 6) is 2.03. The number of rotatable bonds is 5. The van der Waals surface area contributed by atoms with E-state index in [1.54, 1.807) is 13.3 Å². The molecule has 1 fully saturated rings. The largest absolute Gasteiger partial charge is 0.496 e. The molecule has 2 aromatic rings. The van der Waals surface area contributed by atoms with Crippen molar-refractivity contribution in [2.45, 2.75) is 24.7 Å². The zero-order valence-corrected chi connectivity index (χ0v) is 13.3. The first-order valence-electron chi connectivity index (χ1n) is 7.85. The van der Waals surface area contributed by atoms with Gasteiger partial charge in [0.1, 0.15) is 11.6 Å². The van der Waals surface area contributed by atoms with Crippen molar-refractivity contribution in [3.63, 3.8) is 0 Å². The molecule has 0 radical (unpaired) electrons. The molecule has 0 atom stereocenters. The first-order valence-corrected chi connectivity index (χ1v) is 7.85. The van der Waals surface area contributed by atoms with E-state index in [4.69, 9.17) is 10.5 Å². The fourth-order valence-corrected chi connectivity index (χ4v) is 3.04. The van der Waals surface area contributed by atoms with Gasteiger partial charge in [0.25, 0.3) is 0 Å². The van der Waals surface area contributed by atoms with Crippen molar-refractivity contribution >= 4 is 11.8 Å². The predicted molar refractivity (Wildman–Crippen MR) is 92.9 cm³/mol. The summed E-state index contributed by atoms with van der Waals surface area (Å²) in [6.07, 6.45) is 5.14. The molecule has 1 aromatic heterocycles. The van der Waals surface area contributed by atoms with Crippen LogP contribution in [0.4, 0.5) is 5.82 Å². The van der Waals surface area contributed by atoms with Crippen LogP contribution in [-0.4, -0.2) is 24.6 Å². The average Bonchev–Trinajstić information content (AvgIpc) is 2.55. The van der Waals surface area contributed by atoms with E-state index in [1.165, 1.54) is 12.0 Å². The molecule has 1 aromatic carbocycles. The quantitative estimate of drug-likeness (QED) is 0.658. The number of nitrogens with zero attached hydrogens (tertiary/aromatic N) is 2. The number of nitrogens with one attached hydrogen (secondary N) is 1. The van der Waals surface area contributed by atoms with Crippen LogP contribution in [0.2, 0.25) is 0 Å². The molecule has 0 amide bonds. The topological polar surface area (TPSA) is 72.5 Å². The Morgan fingerprint density at radius 1 is 1.26 bits per heavy atom. The number of hydrogen-bond donors (Lipinski definition) is 2. The number of nitrogens with two attached hydrogens (primary N) is 1. The number of methoxy groups -OCH3 is 1. The lowest BCUT2D eigenvalue weighted by atomic mass is 9.64. The molecule has 0 bridgehead atoms. The number of benzene rings is 1. The van der Waals surface area contributed by atoms with Gasteiger partial charge < -0.3 is 15.8 Å². The Balaban J connectivity index is 1.75. The third kappa shape index (κ3) is 3.28. The molecule has 1 aliphatic rings. The summed E-state index contributed by atoms with van der Waals surface area (Å²) in [5.41, 5.74) is 7.26. The lowest BCUT2D eigenvalue weighted by Gasteiger charge is -2.42. The Morgan fingerprint density at radius 2 is 2.04 bits per heavy atom. The molecular formula is C18H22N4O. The third-order valence-corrected chi connectivity index (χ3v) is 4.46. The van der Waals surface area contributed by atoms with E-state index < -0.39 is 0 Å². The van der Waals surface area contributed by atoms with Crippen molar-refractivity contribution in [2.75, 3.05) is 19.0 Å². The van der Waals surface area contributed by atoms with Gasteiger partial charge >= 0.3 is 0 Å². The Kier molecular flexibility index (Phi) is 4.46. The Labute approximate surface area is 136 Å². The van der Waals surface area contributed by atoms with E-state index >= 15 is 0 Å². The van der Waals surface area contributed by atoms with Gasteiger partial charge in [0.2, 0.25) is 0 Å². The maximum absolute atomic E-state index is 6.01. The average molecular weight is 310 g/mol. The highest BCUT2D eigenvalue weighted by atomic mass is 16.5. The van der Waals surface area contributed by atoms with E-state index in [0.717, 1.165) is 18.6 Å². The summed E-state index contributed by atoms with van der Waals surface area (Å²) in [6.45, 7) is 0.652. The number of ether oxygens (including phenoxy) is 1. The lowest BCUT2D eigenvalue weighted by Crippen LogP contribution is -2.39. The van der Waals surface area contributed by atoms with E-state index in [9.17, 15) is 0 Å². The number of pyridine rings is 1. The second-order valence-corrected chi connectivity index (χ2v) is 5.88. The normalized spacial score (nSPS) is 16.5. The molecule has 120 valence electrons. The number of para-hydroxylation sites is 1. The van der Waals surface area contributed by atoms with Gasteiger partial charge in [-0.2, -0.15) is 0 Å². The summed E-state index contributed by atoms with van der Waals surface area (Å²) >= 11 is 0. The van der Waals surface area contributed by atoms with Gasteiger partial charge in [0.05, 0.1) is 13.7 Å². The summed E-state index contributed by atoms with van der Waals surface area (Å²) in [4.78, 5) is 8.74. The minimum atomic E-state index is 0.0308. The molecule has 3 rings (SSSR count). The molecule has 0 spiro atoms. The molecular weight excluding hydrogens is 288 g/mol. The number of anilines is 1. The minimum absolute atomic E-state index is 0.0308. The van der Waals surface area contributed by atoms with Crippen LogP contribution in [0.5, 0.6) is 5.75 Å². The van der Waals surface area contributed by atoms with E-state index in [-0.39, 0.29) is 5.41 Å². The standard InChI is InChI=1S/C18H22N4O/c1-23-15-8-3-2-7-14(15)18(10-6-11-18)13-21-17(19)22-16-9-4-5-12-20-16/h2-5,7-9,12H,6,10-11,13H2,1H3,(H3,19,20,21,22). The van der Waals surface area contributed by atoms with Crippen molar-refractivity contribution < 1.29 is 4.74 Å². The van der Waals surface area contributed by atoms with Crippen LogP contribution in [0, 0.1) is 0 Å². The number of aliphatic imine (C=N–C) groups is 1. The van der Waals surface area contributed by atoms with Crippen LogP contribution in [0.25, 0.3) is 0 Å². The zero-order chi connectivity index (χ0) is 16.1. The SMILES string of the molecule is COc1ccccc1C1(CN=C(N)Nc2ccccn2)CCC1. The number of guanidine groups is 1. The van der Waals surface area contributed by atoms with Gasteiger partial charge in [-0.1, -0.05) is 30.7 Å². The fourth-order valence-electron chi connectivity index (χ4n) is 3.04. The van der Waals surface area contributed by atoms with Gasteiger partial charge in [0, 0.05) is 17.2 Å². The van der Waals surface area contributed by atoms with Crippen molar-refractivity contribution in [3.8, 4) is 5.75 Å². The highest BCUT2D eigenvalue weighted by Gasteiger charge is 2.40. The van der Waals surface area contributed by atoms with Gasteiger partial charge in [-0.05, 0) is 31.0 Å². The molecule has 0 unspecified atom stereocenters. The molecule has 0 saturated heterocycles. The van der Waals surface area contributed by atoms with E-state index in [1.807, 2.05) is 30.3 Å². The second kappa shape index (κ2) is 6.69. The van der Waals surface area contributed by atoms with Crippen LogP contribution in [0.1, 0.15) is 24.8 Å². The summed E-state index contributed by atoms with van der Waals surface area (Å²) in [7, 11) is 1.71. The van der Waals surface area contributed by atoms with Crippen molar-refractivity contribution in [3.05, 3.63) is 54.2 Å². The Morgan fingerprint density at radius 3 is 2.70 bits per heavy atom. The highest BCUT2D eigenvalue weighted by Crippen LogP contribution is 2.47. The van der Waals surface area contributed by atoms with Crippen molar-refractivity contribution in [2.24, 2.45) is 10.7 Å². The molecule has 5 heteroatoms. The fraction of sp³-hybridized carbons (Fsp3) is 0.333. The van der Waals surface area contributed by atoms with Crippen LogP contribution in [0.15, 0.2) is 53.7 Å². The van der Waals surface area contributed by atoms with Crippen LogP contribution >= 0.6 is 0 Å². The number of aromatic nitrogens is 1. The minimum Gasteiger partial charge on any atom is -0.496 e. The Bertz CT molecular complexity index is 680. The second-order valence-electron chi connectivity index (χ2n) is 5.88. The number of hydrogen-bond acceptors (Lipinski definition) is 3. The van der Waals surface area contributed by atoms with Crippen LogP contribution in [-0.2, 0) is 5.41 Å². The maximum atomic E-state index is 6.01. The van der Waals surface area contributed by atoms with E-state index in [0.29, 0.717) is 18.3 Å². The van der Waals surface area contributed by atoms with Gasteiger partial charge in [-0.15, -0.1) is 0 Å². The molecule has 5 nitrogen and oxygen atoms in total. The van der Waals surface area contributed by atoms with Crippen molar-refractivity contribution in [1.82, 2.24) is 4.98 Å². The van der Waals surface area contributed by atoms with Crippen molar-refractivity contribution in [1.29, 1.82) is 0 Å². The van der Waals surface area contributed by atoms with Crippen LogP contribution in [0.3, 0.4) is 0 Å².